The maximum atomic E-state index is 11.6. The van der Waals surface area contributed by atoms with Gasteiger partial charge < -0.3 is 9.13 Å². The molecule has 0 aliphatic rings. The summed E-state index contributed by atoms with van der Waals surface area (Å²) in [6, 6.07) is 102. The first kappa shape index (κ1) is 44.4. The van der Waals surface area contributed by atoms with Crippen molar-refractivity contribution in [3.8, 4) is 95.6 Å². The molecule has 0 unspecified atom stereocenters. The number of hydrogen-bond donors (Lipinski definition) is 0. The van der Waals surface area contributed by atoms with Gasteiger partial charge in [0, 0.05) is 38.2 Å². The van der Waals surface area contributed by atoms with E-state index in [0.717, 1.165) is 133 Å². The molecule has 0 aliphatic carbocycles. The summed E-state index contributed by atoms with van der Waals surface area (Å²) in [5.74, 6) is 0. The number of nitriles is 1. The van der Waals surface area contributed by atoms with Crippen molar-refractivity contribution in [3.63, 3.8) is 0 Å². The third-order valence-electron chi connectivity index (χ3n) is 15.0. The molecule has 0 saturated carbocycles. The molecule has 0 saturated heterocycles. The van der Waals surface area contributed by atoms with Crippen LogP contribution in [0.15, 0.2) is 279 Å². The zero-order valence-corrected chi connectivity index (χ0v) is 41.3. The molecule has 3 aromatic heterocycles. The Hall–Kier alpha value is -10.3. The van der Waals surface area contributed by atoms with Gasteiger partial charge in [-0.3, -0.25) is 0 Å². The number of nitrogens with zero attached hydrogens (tertiary/aromatic N) is 4. The second-order valence-electron chi connectivity index (χ2n) is 19.4. The summed E-state index contributed by atoms with van der Waals surface area (Å²) >= 11 is 0. The minimum atomic E-state index is 0.554. The Balaban J connectivity index is 1.11. The summed E-state index contributed by atoms with van der Waals surface area (Å²) in [6.07, 6.45) is 0. The maximum Gasteiger partial charge on any atom is 0.0998 e. The van der Waals surface area contributed by atoms with E-state index in [9.17, 15) is 5.26 Å². The highest BCUT2D eigenvalue weighted by Crippen LogP contribution is 2.45. The van der Waals surface area contributed by atoms with E-state index < -0.39 is 0 Å². The molecule has 4 nitrogen and oxygen atoms in total. The lowest BCUT2D eigenvalue weighted by Crippen LogP contribution is -2.06. The van der Waals surface area contributed by atoms with Crippen molar-refractivity contribution in [2.24, 2.45) is 0 Å². The normalized spacial score (nSPS) is 11.4. The van der Waals surface area contributed by atoms with E-state index in [1.54, 1.807) is 0 Å². The van der Waals surface area contributed by atoms with Gasteiger partial charge in [0.15, 0.2) is 0 Å². The fourth-order valence-corrected chi connectivity index (χ4v) is 11.3. The molecule has 14 rings (SSSR count). The average Bonchev–Trinajstić information content (AvgIpc) is 4.07. The average molecular weight is 967 g/mol. The molecule has 0 radical (unpaired) electrons. The lowest BCUT2D eigenvalue weighted by Gasteiger charge is -2.20. The van der Waals surface area contributed by atoms with Crippen molar-refractivity contribution < 1.29 is 0 Å². The monoisotopic (exact) mass is 966 g/mol. The fraction of sp³-hybridized carbons (Fsp3) is 0. The zero-order valence-electron chi connectivity index (χ0n) is 41.3. The molecule has 0 amide bonds. The number of fused-ring (bicyclic) bond motifs is 6. The van der Waals surface area contributed by atoms with Crippen molar-refractivity contribution >= 4 is 43.6 Å². The Bertz CT molecular complexity index is 4280. The van der Waals surface area contributed by atoms with Crippen LogP contribution in [-0.2, 0) is 0 Å². The van der Waals surface area contributed by atoms with Crippen molar-refractivity contribution in [2.45, 2.75) is 0 Å². The molecule has 0 aliphatic heterocycles. The summed E-state index contributed by atoms with van der Waals surface area (Å²) in [4.78, 5) is 5.27. The minimum absolute atomic E-state index is 0.554. The van der Waals surface area contributed by atoms with E-state index in [1.165, 1.54) is 0 Å². The molecule has 11 aromatic carbocycles. The van der Waals surface area contributed by atoms with Gasteiger partial charge in [0.2, 0.25) is 0 Å². The van der Waals surface area contributed by atoms with Crippen LogP contribution in [0.5, 0.6) is 0 Å². The Morgan fingerprint density at radius 1 is 0.263 bits per heavy atom. The SMILES string of the molecule is N#Cc1cc(-n2c3ccc(-c4ccccc4)cc3c3cc(-c4ccccc4)ccc32)c(-n2c3ccc(-c4ccccc4)cc3c3cc(-c4ccccc4)ccc32)cc1-c1cc(-c2ccccc2)nc(-c2ccccc2)c1. The summed E-state index contributed by atoms with van der Waals surface area (Å²) in [6.45, 7) is 0. The van der Waals surface area contributed by atoms with Gasteiger partial charge in [-0.2, -0.15) is 5.26 Å². The smallest absolute Gasteiger partial charge is 0.0998 e. The number of aromatic nitrogens is 3. The van der Waals surface area contributed by atoms with Crippen LogP contribution in [0.3, 0.4) is 0 Å². The third kappa shape index (κ3) is 7.74. The topological polar surface area (TPSA) is 46.5 Å². The first-order valence-electron chi connectivity index (χ1n) is 25.7. The molecule has 354 valence electrons. The summed E-state index contributed by atoms with van der Waals surface area (Å²) in [5, 5.41) is 16.1. The quantitative estimate of drug-likeness (QED) is 0.145. The first-order valence-corrected chi connectivity index (χ1v) is 25.7. The van der Waals surface area contributed by atoms with E-state index in [1.807, 2.05) is 36.4 Å². The van der Waals surface area contributed by atoms with Crippen molar-refractivity contribution in [3.05, 3.63) is 285 Å². The second kappa shape index (κ2) is 18.6. The van der Waals surface area contributed by atoms with Crippen LogP contribution in [0, 0.1) is 11.3 Å². The number of pyridine rings is 1. The van der Waals surface area contributed by atoms with E-state index >= 15 is 0 Å². The van der Waals surface area contributed by atoms with Crippen LogP contribution in [-0.4, -0.2) is 14.1 Å². The highest BCUT2D eigenvalue weighted by molar-refractivity contribution is 6.14. The van der Waals surface area contributed by atoms with Gasteiger partial charge in [-0.1, -0.05) is 206 Å². The Labute approximate surface area is 440 Å². The molecule has 76 heavy (non-hydrogen) atoms. The molecule has 0 fully saturated rings. The van der Waals surface area contributed by atoms with Crippen LogP contribution in [0.25, 0.3) is 133 Å². The molecular formula is C72H46N4. The van der Waals surface area contributed by atoms with E-state index in [4.69, 9.17) is 4.98 Å². The predicted molar refractivity (Wildman–Crippen MR) is 316 cm³/mol. The lowest BCUT2D eigenvalue weighted by atomic mass is 9.95. The fourth-order valence-electron chi connectivity index (χ4n) is 11.3. The van der Waals surface area contributed by atoms with Gasteiger partial charge in [-0.05, 0) is 123 Å². The van der Waals surface area contributed by atoms with Crippen LogP contribution < -0.4 is 0 Å². The van der Waals surface area contributed by atoms with E-state index in [2.05, 4.69) is 258 Å². The van der Waals surface area contributed by atoms with Crippen LogP contribution in [0.4, 0.5) is 0 Å². The van der Waals surface area contributed by atoms with Crippen LogP contribution in [0.1, 0.15) is 5.56 Å². The van der Waals surface area contributed by atoms with Crippen LogP contribution in [0.2, 0.25) is 0 Å². The second-order valence-corrected chi connectivity index (χ2v) is 19.4. The molecule has 0 atom stereocenters. The first-order chi connectivity index (χ1) is 37.6. The highest BCUT2D eigenvalue weighted by Gasteiger charge is 2.24. The molecule has 4 heteroatoms. The lowest BCUT2D eigenvalue weighted by molar-refractivity contribution is 1.09. The number of rotatable bonds is 9. The molecule has 0 spiro atoms. The van der Waals surface area contributed by atoms with Gasteiger partial charge in [-0.25, -0.2) is 4.98 Å². The molecular weight excluding hydrogens is 921 g/mol. The summed E-state index contributed by atoms with van der Waals surface area (Å²) in [5.41, 5.74) is 21.1. The van der Waals surface area contributed by atoms with Gasteiger partial charge >= 0.3 is 0 Å². The Morgan fingerprint density at radius 3 is 0.855 bits per heavy atom. The van der Waals surface area contributed by atoms with Gasteiger partial charge in [0.25, 0.3) is 0 Å². The minimum Gasteiger partial charge on any atom is -0.307 e. The third-order valence-corrected chi connectivity index (χ3v) is 15.0. The van der Waals surface area contributed by atoms with Gasteiger partial charge in [0.1, 0.15) is 0 Å². The summed E-state index contributed by atoms with van der Waals surface area (Å²) in [7, 11) is 0. The highest BCUT2D eigenvalue weighted by atomic mass is 15.1. The largest absolute Gasteiger partial charge is 0.307 e. The molecule has 14 aromatic rings. The van der Waals surface area contributed by atoms with E-state index in [-0.39, 0.29) is 0 Å². The molecule has 3 heterocycles. The van der Waals surface area contributed by atoms with Crippen molar-refractivity contribution in [2.75, 3.05) is 0 Å². The number of hydrogen-bond acceptors (Lipinski definition) is 2. The predicted octanol–water partition coefficient (Wildman–Crippen LogP) is 18.8. The van der Waals surface area contributed by atoms with E-state index in [0.29, 0.717) is 5.56 Å². The summed E-state index contributed by atoms with van der Waals surface area (Å²) < 4.78 is 4.82. The Kier molecular flexibility index (Phi) is 10.9. The molecule has 0 bridgehead atoms. The van der Waals surface area contributed by atoms with Gasteiger partial charge in [0.05, 0.1) is 56.5 Å². The zero-order chi connectivity index (χ0) is 50.5. The number of benzene rings is 11. The maximum absolute atomic E-state index is 11.6. The van der Waals surface area contributed by atoms with Gasteiger partial charge in [-0.15, -0.1) is 0 Å². The molecule has 0 N–H and O–H groups in total. The van der Waals surface area contributed by atoms with Crippen LogP contribution >= 0.6 is 0 Å². The van der Waals surface area contributed by atoms with Crippen molar-refractivity contribution in [1.82, 2.24) is 14.1 Å². The standard InChI is InChI=1S/C72H46N4/c73-47-59-45-71(75-67-35-31-54(48-19-7-1-8-20-48)39-61(67)62-40-55(32-36-68(62)75)49-21-9-2-10-22-49)72(46-60(59)58-43-65(52-27-15-5-16-28-52)74-66(44-58)53-29-17-6-18-30-53)76-69-37-33-56(50-23-11-3-12-24-50)41-63(69)64-42-57(34-38-70(64)76)51-25-13-4-14-26-51/h1-46H. The van der Waals surface area contributed by atoms with Crippen molar-refractivity contribution in [1.29, 1.82) is 5.26 Å². The Morgan fingerprint density at radius 2 is 0.553 bits per heavy atom.